The molecule has 0 spiro atoms. The molecular weight excluding hydrogens is 262 g/mol. The summed E-state index contributed by atoms with van der Waals surface area (Å²) in [5, 5.41) is 9.39. The molecule has 4 atom stereocenters. The molecule has 1 aromatic rings. The van der Waals surface area contributed by atoms with E-state index >= 15 is 0 Å². The molecule has 2 fully saturated rings. The van der Waals surface area contributed by atoms with Crippen LogP contribution < -0.4 is 0 Å². The third-order valence-corrected chi connectivity index (χ3v) is 5.92. The van der Waals surface area contributed by atoms with Crippen LogP contribution >= 0.6 is 0 Å². The van der Waals surface area contributed by atoms with E-state index in [0.29, 0.717) is 18.0 Å². The number of fused-ring (bicyclic) bond motifs is 3. The summed E-state index contributed by atoms with van der Waals surface area (Å²) < 4.78 is 0. The van der Waals surface area contributed by atoms with E-state index in [9.17, 15) is 9.90 Å². The molecule has 0 saturated carbocycles. The predicted octanol–water partition coefficient (Wildman–Crippen LogP) is 3.04. The molecule has 0 amide bonds. The van der Waals surface area contributed by atoms with Crippen LogP contribution in [0, 0.1) is 5.92 Å². The van der Waals surface area contributed by atoms with Crippen molar-refractivity contribution < 1.29 is 9.90 Å². The molecule has 1 N–H and O–H groups in total. The second-order valence-corrected chi connectivity index (χ2v) is 6.96. The average molecular weight is 285 g/mol. The molecule has 2 aliphatic heterocycles. The zero-order valence-electron chi connectivity index (χ0n) is 12.4. The average Bonchev–Trinajstić information content (AvgIpc) is 3.05. The molecule has 0 aromatic heterocycles. The number of carboxylic acids is 1. The SMILES string of the molecule is O=C(O)C1CC2CCC1N2CC1CCCc2ccccc21. The van der Waals surface area contributed by atoms with Gasteiger partial charge in [0.1, 0.15) is 0 Å². The standard InChI is InChI=1S/C18H23NO2/c20-18(21)16-10-14-8-9-17(16)19(14)11-13-6-3-5-12-4-1-2-7-15(12)13/h1-2,4,7,13-14,16-17H,3,5-6,8-11H2,(H,20,21). The minimum absolute atomic E-state index is 0.123. The van der Waals surface area contributed by atoms with E-state index in [2.05, 4.69) is 29.2 Å². The Morgan fingerprint density at radius 3 is 2.90 bits per heavy atom. The van der Waals surface area contributed by atoms with Crippen LogP contribution in [0.1, 0.15) is 49.1 Å². The zero-order chi connectivity index (χ0) is 14.4. The van der Waals surface area contributed by atoms with E-state index in [1.165, 1.54) is 36.8 Å². The van der Waals surface area contributed by atoms with Gasteiger partial charge in [0.25, 0.3) is 0 Å². The highest BCUT2D eigenvalue weighted by atomic mass is 16.4. The molecular formula is C18H23NO2. The van der Waals surface area contributed by atoms with Gasteiger partial charge < -0.3 is 5.11 Å². The van der Waals surface area contributed by atoms with Gasteiger partial charge in [-0.3, -0.25) is 9.69 Å². The van der Waals surface area contributed by atoms with E-state index in [1.54, 1.807) is 0 Å². The zero-order valence-corrected chi connectivity index (χ0v) is 12.4. The molecule has 1 aliphatic carbocycles. The fraction of sp³-hybridized carbons (Fsp3) is 0.611. The lowest BCUT2D eigenvalue weighted by Crippen LogP contribution is -2.36. The number of hydrogen-bond donors (Lipinski definition) is 1. The summed E-state index contributed by atoms with van der Waals surface area (Å²) in [5.74, 6) is -0.107. The molecule has 21 heavy (non-hydrogen) atoms. The summed E-state index contributed by atoms with van der Waals surface area (Å²) in [5.41, 5.74) is 3.03. The first-order valence-corrected chi connectivity index (χ1v) is 8.30. The van der Waals surface area contributed by atoms with Crippen molar-refractivity contribution >= 4 is 5.97 Å². The first-order valence-electron chi connectivity index (χ1n) is 8.30. The van der Waals surface area contributed by atoms with E-state index in [4.69, 9.17) is 0 Å². The lowest BCUT2D eigenvalue weighted by Gasteiger charge is -2.32. The van der Waals surface area contributed by atoms with Gasteiger partial charge in [-0.25, -0.2) is 0 Å². The Bertz CT molecular complexity index is 556. The summed E-state index contributed by atoms with van der Waals surface area (Å²) in [7, 11) is 0. The highest BCUT2D eigenvalue weighted by Gasteiger charge is 2.49. The van der Waals surface area contributed by atoms with Crippen LogP contribution in [0.5, 0.6) is 0 Å². The van der Waals surface area contributed by atoms with Gasteiger partial charge in [-0.15, -0.1) is 0 Å². The van der Waals surface area contributed by atoms with Crippen LogP contribution in [0.25, 0.3) is 0 Å². The number of aryl methyl sites for hydroxylation is 1. The molecule has 4 rings (SSSR count). The van der Waals surface area contributed by atoms with Gasteiger partial charge in [0.2, 0.25) is 0 Å². The Hall–Kier alpha value is -1.35. The molecule has 2 bridgehead atoms. The van der Waals surface area contributed by atoms with E-state index in [-0.39, 0.29) is 5.92 Å². The number of nitrogens with zero attached hydrogens (tertiary/aromatic N) is 1. The molecule has 1 aromatic carbocycles. The van der Waals surface area contributed by atoms with Crippen LogP contribution in [0.2, 0.25) is 0 Å². The van der Waals surface area contributed by atoms with Crippen molar-refractivity contribution in [3.8, 4) is 0 Å². The Balaban J connectivity index is 1.54. The van der Waals surface area contributed by atoms with Gasteiger partial charge in [0.15, 0.2) is 0 Å². The summed E-state index contributed by atoms with van der Waals surface area (Å²) >= 11 is 0. The minimum atomic E-state index is -0.587. The van der Waals surface area contributed by atoms with Crippen LogP contribution in [0.4, 0.5) is 0 Å². The molecule has 2 heterocycles. The van der Waals surface area contributed by atoms with Crippen molar-refractivity contribution in [3.63, 3.8) is 0 Å². The van der Waals surface area contributed by atoms with Crippen molar-refractivity contribution in [3.05, 3.63) is 35.4 Å². The Morgan fingerprint density at radius 1 is 1.24 bits per heavy atom. The topological polar surface area (TPSA) is 40.5 Å². The van der Waals surface area contributed by atoms with E-state index < -0.39 is 5.97 Å². The second-order valence-electron chi connectivity index (χ2n) is 6.96. The lowest BCUT2D eigenvalue weighted by molar-refractivity contribution is -0.142. The summed E-state index contributed by atoms with van der Waals surface area (Å²) in [4.78, 5) is 13.9. The molecule has 3 aliphatic rings. The maximum atomic E-state index is 11.4. The number of rotatable bonds is 3. The Labute approximate surface area is 126 Å². The maximum absolute atomic E-state index is 11.4. The number of hydrogen-bond acceptors (Lipinski definition) is 2. The summed E-state index contributed by atoms with van der Waals surface area (Å²) in [6.45, 7) is 1.07. The number of carboxylic acid groups (broad SMARTS) is 1. The van der Waals surface area contributed by atoms with Crippen molar-refractivity contribution in [2.75, 3.05) is 6.54 Å². The van der Waals surface area contributed by atoms with Crippen molar-refractivity contribution in [2.45, 2.75) is 56.5 Å². The minimum Gasteiger partial charge on any atom is -0.481 e. The third kappa shape index (κ3) is 2.18. The van der Waals surface area contributed by atoms with Gasteiger partial charge in [-0.1, -0.05) is 24.3 Å². The second kappa shape index (κ2) is 5.13. The number of benzene rings is 1. The van der Waals surface area contributed by atoms with Gasteiger partial charge in [0, 0.05) is 18.6 Å². The number of carbonyl (C=O) groups is 1. The molecule has 0 radical (unpaired) electrons. The lowest BCUT2D eigenvalue weighted by atomic mass is 9.82. The smallest absolute Gasteiger partial charge is 0.308 e. The van der Waals surface area contributed by atoms with Crippen LogP contribution in [-0.4, -0.2) is 34.6 Å². The maximum Gasteiger partial charge on any atom is 0.308 e. The monoisotopic (exact) mass is 285 g/mol. The molecule has 2 saturated heterocycles. The van der Waals surface area contributed by atoms with Crippen LogP contribution in [0.3, 0.4) is 0 Å². The van der Waals surface area contributed by atoms with Gasteiger partial charge in [-0.2, -0.15) is 0 Å². The van der Waals surface area contributed by atoms with Crippen LogP contribution in [-0.2, 0) is 11.2 Å². The summed E-state index contributed by atoms with van der Waals surface area (Å²) in [6, 6.07) is 9.65. The van der Waals surface area contributed by atoms with Gasteiger partial charge in [0.05, 0.1) is 5.92 Å². The van der Waals surface area contributed by atoms with E-state index in [0.717, 1.165) is 19.4 Å². The first kappa shape index (κ1) is 13.3. The Morgan fingerprint density at radius 2 is 2.10 bits per heavy atom. The van der Waals surface area contributed by atoms with Crippen molar-refractivity contribution in [1.29, 1.82) is 0 Å². The van der Waals surface area contributed by atoms with Gasteiger partial charge in [-0.05, 0) is 55.6 Å². The predicted molar refractivity (Wildman–Crippen MR) is 81.4 cm³/mol. The normalized spacial score (nSPS) is 34.9. The fourth-order valence-corrected chi connectivity index (χ4v) is 4.95. The van der Waals surface area contributed by atoms with E-state index in [1.807, 2.05) is 0 Å². The number of aliphatic carboxylic acids is 1. The molecule has 3 heteroatoms. The molecule has 4 unspecified atom stereocenters. The Kier molecular flexibility index (Phi) is 3.26. The molecule has 112 valence electrons. The third-order valence-electron chi connectivity index (χ3n) is 5.92. The quantitative estimate of drug-likeness (QED) is 0.928. The van der Waals surface area contributed by atoms with Gasteiger partial charge >= 0.3 is 5.97 Å². The molecule has 3 nitrogen and oxygen atoms in total. The summed E-state index contributed by atoms with van der Waals surface area (Å²) in [6.07, 6.45) is 6.88. The first-order chi connectivity index (χ1) is 10.2. The van der Waals surface area contributed by atoms with Crippen molar-refractivity contribution in [2.24, 2.45) is 5.92 Å². The fourth-order valence-electron chi connectivity index (χ4n) is 4.95. The largest absolute Gasteiger partial charge is 0.481 e. The van der Waals surface area contributed by atoms with Crippen molar-refractivity contribution in [1.82, 2.24) is 4.90 Å². The highest BCUT2D eigenvalue weighted by molar-refractivity contribution is 5.71. The highest BCUT2D eigenvalue weighted by Crippen LogP contribution is 2.44. The van der Waals surface area contributed by atoms with Crippen LogP contribution in [0.15, 0.2) is 24.3 Å².